The van der Waals surface area contributed by atoms with Gasteiger partial charge in [-0.2, -0.15) is 0 Å². The molecule has 0 saturated carbocycles. The molecule has 0 aliphatic carbocycles. The lowest BCUT2D eigenvalue weighted by Crippen LogP contribution is -2.54. The molecule has 2 unspecified atom stereocenters. The monoisotopic (exact) mass is 200 g/mol. The van der Waals surface area contributed by atoms with Gasteiger partial charge in [-0.25, -0.2) is 0 Å². The first-order valence-electron chi connectivity index (χ1n) is 5.62. The first-order valence-corrected chi connectivity index (χ1v) is 5.62. The Kier molecular flexibility index (Phi) is 4.85. The van der Waals surface area contributed by atoms with E-state index in [0.717, 1.165) is 32.1 Å². The quantitative estimate of drug-likeness (QED) is 0.731. The Bertz CT molecular complexity index is 161. The van der Waals surface area contributed by atoms with Crippen molar-refractivity contribution in [3.8, 4) is 0 Å². The number of piperazine rings is 1. The number of hydrogen-bond donors (Lipinski definition) is 1. The van der Waals surface area contributed by atoms with Crippen molar-refractivity contribution in [3.63, 3.8) is 0 Å². The van der Waals surface area contributed by atoms with Crippen LogP contribution in [-0.2, 0) is 4.74 Å². The standard InChI is InChI=1S/C11H24N2O/c1-9(2)11-8-13(6-5-12-11)7-10(3)14-4/h9-12H,5-8H2,1-4H3. The van der Waals surface area contributed by atoms with Gasteiger partial charge in [0.1, 0.15) is 0 Å². The van der Waals surface area contributed by atoms with Crippen LogP contribution in [0.2, 0.25) is 0 Å². The van der Waals surface area contributed by atoms with Gasteiger partial charge >= 0.3 is 0 Å². The molecule has 0 spiro atoms. The van der Waals surface area contributed by atoms with Gasteiger partial charge in [0.25, 0.3) is 0 Å². The van der Waals surface area contributed by atoms with Crippen LogP contribution in [0.15, 0.2) is 0 Å². The smallest absolute Gasteiger partial charge is 0.0670 e. The molecule has 14 heavy (non-hydrogen) atoms. The summed E-state index contributed by atoms with van der Waals surface area (Å²) < 4.78 is 5.29. The van der Waals surface area contributed by atoms with Gasteiger partial charge in [0.15, 0.2) is 0 Å². The third kappa shape index (κ3) is 3.56. The predicted molar refractivity (Wildman–Crippen MR) is 59.5 cm³/mol. The van der Waals surface area contributed by atoms with E-state index in [2.05, 4.69) is 31.0 Å². The molecule has 84 valence electrons. The molecule has 1 N–H and O–H groups in total. The minimum absolute atomic E-state index is 0.348. The summed E-state index contributed by atoms with van der Waals surface area (Å²) in [6, 6.07) is 0.646. The molecule has 1 heterocycles. The van der Waals surface area contributed by atoms with Crippen molar-refractivity contribution in [1.29, 1.82) is 0 Å². The molecule has 0 aromatic heterocycles. The van der Waals surface area contributed by atoms with Gasteiger partial charge in [-0.3, -0.25) is 4.90 Å². The zero-order valence-corrected chi connectivity index (χ0v) is 9.92. The van der Waals surface area contributed by atoms with Crippen LogP contribution in [0.25, 0.3) is 0 Å². The Hall–Kier alpha value is -0.120. The van der Waals surface area contributed by atoms with Crippen molar-refractivity contribution >= 4 is 0 Å². The van der Waals surface area contributed by atoms with Crippen LogP contribution in [0.1, 0.15) is 20.8 Å². The Morgan fingerprint density at radius 1 is 1.43 bits per heavy atom. The van der Waals surface area contributed by atoms with Crippen LogP contribution in [0.5, 0.6) is 0 Å². The second-order valence-corrected chi connectivity index (χ2v) is 4.61. The molecule has 0 radical (unpaired) electrons. The predicted octanol–water partition coefficient (Wildman–Crippen LogP) is 0.951. The van der Waals surface area contributed by atoms with Crippen molar-refractivity contribution in [2.45, 2.75) is 32.9 Å². The molecular weight excluding hydrogens is 176 g/mol. The molecule has 1 aliphatic rings. The Balaban J connectivity index is 2.32. The number of nitrogens with one attached hydrogen (secondary N) is 1. The van der Waals surface area contributed by atoms with E-state index in [4.69, 9.17) is 4.74 Å². The van der Waals surface area contributed by atoms with Crippen LogP contribution in [0, 0.1) is 5.92 Å². The van der Waals surface area contributed by atoms with Crippen LogP contribution < -0.4 is 5.32 Å². The van der Waals surface area contributed by atoms with E-state index < -0.39 is 0 Å². The zero-order valence-electron chi connectivity index (χ0n) is 9.92. The van der Waals surface area contributed by atoms with Gasteiger partial charge in [-0.15, -0.1) is 0 Å². The van der Waals surface area contributed by atoms with Crippen molar-refractivity contribution in [1.82, 2.24) is 10.2 Å². The molecule has 1 saturated heterocycles. The number of methoxy groups -OCH3 is 1. The third-order valence-electron chi connectivity index (χ3n) is 3.01. The van der Waals surface area contributed by atoms with Crippen molar-refractivity contribution in [3.05, 3.63) is 0 Å². The molecule has 0 aromatic carbocycles. The maximum Gasteiger partial charge on any atom is 0.0670 e. The van der Waals surface area contributed by atoms with Crippen molar-refractivity contribution in [2.75, 3.05) is 33.3 Å². The first kappa shape index (κ1) is 12.0. The maximum absolute atomic E-state index is 5.29. The number of rotatable bonds is 4. The molecule has 3 heteroatoms. The molecular formula is C11H24N2O. The van der Waals surface area contributed by atoms with Gasteiger partial charge < -0.3 is 10.1 Å². The third-order valence-corrected chi connectivity index (χ3v) is 3.01. The van der Waals surface area contributed by atoms with Crippen LogP contribution in [-0.4, -0.2) is 50.3 Å². The highest BCUT2D eigenvalue weighted by Gasteiger charge is 2.22. The molecule has 2 atom stereocenters. The second-order valence-electron chi connectivity index (χ2n) is 4.61. The van der Waals surface area contributed by atoms with E-state index in [1.807, 2.05) is 0 Å². The van der Waals surface area contributed by atoms with E-state index in [0.29, 0.717) is 12.1 Å². The van der Waals surface area contributed by atoms with E-state index in [9.17, 15) is 0 Å². The van der Waals surface area contributed by atoms with E-state index >= 15 is 0 Å². The summed E-state index contributed by atoms with van der Waals surface area (Å²) in [4.78, 5) is 2.50. The molecule has 3 nitrogen and oxygen atoms in total. The topological polar surface area (TPSA) is 24.5 Å². The normalized spacial score (nSPS) is 26.8. The average Bonchev–Trinajstić information content (AvgIpc) is 2.18. The lowest BCUT2D eigenvalue weighted by atomic mass is 10.0. The highest BCUT2D eigenvalue weighted by Crippen LogP contribution is 2.08. The summed E-state index contributed by atoms with van der Waals surface area (Å²) in [5, 5.41) is 3.56. The Morgan fingerprint density at radius 3 is 2.71 bits per heavy atom. The van der Waals surface area contributed by atoms with Gasteiger partial charge in [0.2, 0.25) is 0 Å². The molecule has 1 aliphatic heterocycles. The van der Waals surface area contributed by atoms with E-state index in [1.54, 1.807) is 7.11 Å². The summed E-state index contributed by atoms with van der Waals surface area (Å²) in [5.74, 6) is 0.718. The Labute approximate surface area is 87.8 Å². The number of nitrogens with zero attached hydrogens (tertiary/aromatic N) is 1. The molecule has 0 aromatic rings. The minimum atomic E-state index is 0.348. The fourth-order valence-corrected chi connectivity index (χ4v) is 1.89. The molecule has 0 amide bonds. The SMILES string of the molecule is COC(C)CN1CCNC(C(C)C)C1. The van der Waals surface area contributed by atoms with Gasteiger partial charge in [-0.1, -0.05) is 13.8 Å². The fraction of sp³-hybridized carbons (Fsp3) is 1.00. The van der Waals surface area contributed by atoms with Gasteiger partial charge in [-0.05, 0) is 12.8 Å². The van der Waals surface area contributed by atoms with E-state index in [-0.39, 0.29) is 0 Å². The second kappa shape index (κ2) is 5.69. The minimum Gasteiger partial charge on any atom is -0.380 e. The molecule has 0 bridgehead atoms. The lowest BCUT2D eigenvalue weighted by molar-refractivity contribution is 0.0615. The number of ether oxygens (including phenoxy) is 1. The fourth-order valence-electron chi connectivity index (χ4n) is 1.89. The summed E-state index contributed by atoms with van der Waals surface area (Å²) in [7, 11) is 1.78. The summed E-state index contributed by atoms with van der Waals surface area (Å²) in [6.45, 7) is 11.2. The summed E-state index contributed by atoms with van der Waals surface area (Å²) in [6.07, 6.45) is 0.348. The maximum atomic E-state index is 5.29. The average molecular weight is 200 g/mol. The lowest BCUT2D eigenvalue weighted by Gasteiger charge is -2.36. The molecule has 1 rings (SSSR count). The van der Waals surface area contributed by atoms with Crippen LogP contribution >= 0.6 is 0 Å². The van der Waals surface area contributed by atoms with Crippen LogP contribution in [0.4, 0.5) is 0 Å². The highest BCUT2D eigenvalue weighted by atomic mass is 16.5. The van der Waals surface area contributed by atoms with Gasteiger partial charge in [0, 0.05) is 39.3 Å². The Morgan fingerprint density at radius 2 is 2.14 bits per heavy atom. The van der Waals surface area contributed by atoms with E-state index in [1.165, 1.54) is 0 Å². The van der Waals surface area contributed by atoms with Crippen molar-refractivity contribution in [2.24, 2.45) is 5.92 Å². The summed E-state index contributed by atoms with van der Waals surface area (Å²) in [5.41, 5.74) is 0. The molecule has 1 fully saturated rings. The summed E-state index contributed by atoms with van der Waals surface area (Å²) >= 11 is 0. The first-order chi connectivity index (χ1) is 6.63. The van der Waals surface area contributed by atoms with Crippen LogP contribution in [0.3, 0.4) is 0 Å². The van der Waals surface area contributed by atoms with Crippen molar-refractivity contribution < 1.29 is 4.74 Å². The van der Waals surface area contributed by atoms with Gasteiger partial charge in [0.05, 0.1) is 6.10 Å². The number of hydrogen-bond acceptors (Lipinski definition) is 3. The highest BCUT2D eigenvalue weighted by molar-refractivity contribution is 4.81. The zero-order chi connectivity index (χ0) is 10.6. The largest absolute Gasteiger partial charge is 0.380 e.